The van der Waals surface area contributed by atoms with Crippen LogP contribution in [-0.4, -0.2) is 19.7 Å². The van der Waals surface area contributed by atoms with Crippen molar-refractivity contribution >= 4 is 31.9 Å². The van der Waals surface area contributed by atoms with Crippen LogP contribution in [-0.2, 0) is 0 Å². The summed E-state index contributed by atoms with van der Waals surface area (Å²) in [5.41, 5.74) is 0. The normalized spacial score (nSPS) is 12.5. The Kier molecular flexibility index (Phi) is 6.39. The molecule has 0 fully saturated rings. The maximum atomic E-state index is 5.79. The van der Waals surface area contributed by atoms with Gasteiger partial charge in [0.1, 0.15) is 5.75 Å². The number of rotatable bonds is 6. The van der Waals surface area contributed by atoms with Gasteiger partial charge in [-0.05, 0) is 50.5 Å². The van der Waals surface area contributed by atoms with E-state index < -0.39 is 0 Å². The Morgan fingerprint density at radius 1 is 1.31 bits per heavy atom. The second kappa shape index (κ2) is 7.30. The lowest BCUT2D eigenvalue weighted by Crippen LogP contribution is -2.24. The van der Waals surface area contributed by atoms with Crippen molar-refractivity contribution in [2.45, 2.75) is 13.8 Å². The van der Waals surface area contributed by atoms with Crippen molar-refractivity contribution < 1.29 is 4.74 Å². The van der Waals surface area contributed by atoms with Crippen molar-refractivity contribution in [1.29, 1.82) is 0 Å². The van der Waals surface area contributed by atoms with Gasteiger partial charge in [-0.2, -0.15) is 0 Å². The summed E-state index contributed by atoms with van der Waals surface area (Å²) in [7, 11) is 0. The number of hydrogen-bond acceptors (Lipinski definition) is 2. The number of benzene rings is 1. The van der Waals surface area contributed by atoms with E-state index in [-0.39, 0.29) is 0 Å². The van der Waals surface area contributed by atoms with Gasteiger partial charge in [-0.15, -0.1) is 0 Å². The molecule has 0 aliphatic rings. The Morgan fingerprint density at radius 2 is 1.94 bits per heavy atom. The lowest BCUT2D eigenvalue weighted by atomic mass is 10.2. The van der Waals surface area contributed by atoms with Crippen molar-refractivity contribution in [3.05, 3.63) is 27.1 Å². The molecule has 0 heterocycles. The number of ether oxygens (including phenoxy) is 1. The van der Waals surface area contributed by atoms with Crippen LogP contribution in [0.15, 0.2) is 27.1 Å². The van der Waals surface area contributed by atoms with Gasteiger partial charge >= 0.3 is 0 Å². The van der Waals surface area contributed by atoms with E-state index in [1.54, 1.807) is 0 Å². The van der Waals surface area contributed by atoms with E-state index in [0.717, 1.165) is 27.8 Å². The minimum Gasteiger partial charge on any atom is -0.491 e. The zero-order valence-electron chi connectivity index (χ0n) is 9.59. The van der Waals surface area contributed by atoms with Gasteiger partial charge in [0.15, 0.2) is 0 Å². The van der Waals surface area contributed by atoms with Crippen LogP contribution < -0.4 is 10.1 Å². The molecule has 0 amide bonds. The summed E-state index contributed by atoms with van der Waals surface area (Å²) in [6.45, 7) is 6.99. The molecule has 2 nitrogen and oxygen atoms in total. The first-order valence-corrected chi connectivity index (χ1v) is 7.01. The number of para-hydroxylation sites is 1. The molecule has 0 spiro atoms. The van der Waals surface area contributed by atoms with Gasteiger partial charge in [0, 0.05) is 12.5 Å². The Morgan fingerprint density at radius 3 is 2.50 bits per heavy atom. The van der Waals surface area contributed by atoms with Crippen LogP contribution in [0, 0.1) is 5.92 Å². The van der Waals surface area contributed by atoms with E-state index in [0.29, 0.717) is 12.5 Å². The summed E-state index contributed by atoms with van der Waals surface area (Å²) in [6, 6.07) is 5.94. The molecule has 90 valence electrons. The lowest BCUT2D eigenvalue weighted by Gasteiger charge is -2.15. The van der Waals surface area contributed by atoms with Gasteiger partial charge in [0.25, 0.3) is 0 Å². The van der Waals surface area contributed by atoms with Crippen LogP contribution in [0.3, 0.4) is 0 Å². The fraction of sp³-hybridized carbons (Fsp3) is 0.500. The van der Waals surface area contributed by atoms with Gasteiger partial charge in [-0.3, -0.25) is 0 Å². The molecule has 1 rings (SSSR count). The molecule has 0 radical (unpaired) electrons. The van der Waals surface area contributed by atoms with Crippen molar-refractivity contribution in [1.82, 2.24) is 5.32 Å². The van der Waals surface area contributed by atoms with E-state index in [9.17, 15) is 0 Å². The molecule has 4 heteroatoms. The van der Waals surface area contributed by atoms with E-state index in [4.69, 9.17) is 4.74 Å². The smallest absolute Gasteiger partial charge is 0.147 e. The first-order valence-electron chi connectivity index (χ1n) is 5.42. The van der Waals surface area contributed by atoms with Gasteiger partial charge in [-0.25, -0.2) is 0 Å². The third kappa shape index (κ3) is 4.44. The first-order chi connectivity index (χ1) is 7.65. The highest BCUT2D eigenvalue weighted by Crippen LogP contribution is 2.33. The maximum absolute atomic E-state index is 5.79. The molecule has 1 N–H and O–H groups in total. The molecule has 0 saturated carbocycles. The third-order valence-electron chi connectivity index (χ3n) is 2.17. The summed E-state index contributed by atoms with van der Waals surface area (Å²) >= 11 is 6.96. The monoisotopic (exact) mass is 349 g/mol. The van der Waals surface area contributed by atoms with Gasteiger partial charge in [0.2, 0.25) is 0 Å². The maximum Gasteiger partial charge on any atom is 0.147 e. The largest absolute Gasteiger partial charge is 0.491 e. The molecule has 1 aromatic carbocycles. The summed E-state index contributed by atoms with van der Waals surface area (Å²) in [5, 5.41) is 3.31. The van der Waals surface area contributed by atoms with E-state index in [1.807, 2.05) is 18.2 Å². The Bertz CT molecular complexity index is 311. The predicted molar refractivity (Wildman–Crippen MR) is 75.0 cm³/mol. The van der Waals surface area contributed by atoms with Crippen LogP contribution in [0.5, 0.6) is 5.75 Å². The summed E-state index contributed by atoms with van der Waals surface area (Å²) < 4.78 is 7.76. The van der Waals surface area contributed by atoms with Crippen LogP contribution >= 0.6 is 31.9 Å². The molecule has 0 aliphatic heterocycles. The SMILES string of the molecule is CCNCC(C)COc1c(Br)cccc1Br. The molecular weight excluding hydrogens is 334 g/mol. The van der Waals surface area contributed by atoms with Gasteiger partial charge in [0.05, 0.1) is 15.6 Å². The Balaban J connectivity index is 2.48. The minimum atomic E-state index is 0.499. The minimum absolute atomic E-state index is 0.499. The highest BCUT2D eigenvalue weighted by molar-refractivity contribution is 9.11. The van der Waals surface area contributed by atoms with Crippen molar-refractivity contribution in [2.75, 3.05) is 19.7 Å². The molecule has 1 aromatic rings. The molecule has 16 heavy (non-hydrogen) atoms. The second-order valence-corrected chi connectivity index (χ2v) is 5.48. The zero-order chi connectivity index (χ0) is 12.0. The van der Waals surface area contributed by atoms with Crippen LogP contribution in [0.1, 0.15) is 13.8 Å². The summed E-state index contributed by atoms with van der Waals surface area (Å²) in [5.74, 6) is 1.38. The molecular formula is C12H17Br2NO. The molecule has 0 aliphatic carbocycles. The lowest BCUT2D eigenvalue weighted by molar-refractivity contribution is 0.253. The van der Waals surface area contributed by atoms with E-state index in [2.05, 4.69) is 51.0 Å². The average molecular weight is 351 g/mol. The molecule has 0 saturated heterocycles. The van der Waals surface area contributed by atoms with Gasteiger partial charge < -0.3 is 10.1 Å². The van der Waals surface area contributed by atoms with Gasteiger partial charge in [-0.1, -0.05) is 19.9 Å². The summed E-state index contributed by atoms with van der Waals surface area (Å²) in [6.07, 6.45) is 0. The fourth-order valence-corrected chi connectivity index (χ4v) is 2.52. The highest BCUT2D eigenvalue weighted by Gasteiger charge is 2.08. The molecule has 0 bridgehead atoms. The Labute approximate surface area is 114 Å². The third-order valence-corrected chi connectivity index (χ3v) is 3.42. The van der Waals surface area contributed by atoms with Crippen molar-refractivity contribution in [3.63, 3.8) is 0 Å². The van der Waals surface area contributed by atoms with E-state index in [1.165, 1.54) is 0 Å². The zero-order valence-corrected chi connectivity index (χ0v) is 12.8. The summed E-state index contributed by atoms with van der Waals surface area (Å²) in [4.78, 5) is 0. The first kappa shape index (κ1) is 14.0. The average Bonchev–Trinajstić information content (AvgIpc) is 2.25. The second-order valence-electron chi connectivity index (χ2n) is 3.77. The predicted octanol–water partition coefficient (Wildman–Crippen LogP) is 3.84. The highest BCUT2D eigenvalue weighted by atomic mass is 79.9. The quantitative estimate of drug-likeness (QED) is 0.841. The number of hydrogen-bond donors (Lipinski definition) is 1. The molecule has 1 atom stereocenters. The van der Waals surface area contributed by atoms with Crippen LogP contribution in [0.4, 0.5) is 0 Å². The standard InChI is InChI=1S/C12H17Br2NO/c1-3-15-7-9(2)8-16-12-10(13)5-4-6-11(12)14/h4-6,9,15H,3,7-8H2,1-2H3. The van der Waals surface area contributed by atoms with Crippen LogP contribution in [0.2, 0.25) is 0 Å². The Hall–Kier alpha value is -0.0600. The van der Waals surface area contributed by atoms with Crippen molar-refractivity contribution in [2.24, 2.45) is 5.92 Å². The fourth-order valence-electron chi connectivity index (χ4n) is 1.30. The topological polar surface area (TPSA) is 21.3 Å². The van der Waals surface area contributed by atoms with Crippen LogP contribution in [0.25, 0.3) is 0 Å². The molecule has 1 unspecified atom stereocenters. The number of nitrogens with one attached hydrogen (secondary N) is 1. The molecule has 0 aromatic heterocycles. The van der Waals surface area contributed by atoms with Crippen molar-refractivity contribution in [3.8, 4) is 5.75 Å². The number of halogens is 2. The van der Waals surface area contributed by atoms with E-state index >= 15 is 0 Å².